The number of nitrogens with zero attached hydrogens (tertiary/aromatic N) is 5. The van der Waals surface area contributed by atoms with Gasteiger partial charge in [-0.15, -0.1) is 0 Å². The molecule has 6 aromatic carbocycles. The third-order valence-electron chi connectivity index (χ3n) is 18.1. The van der Waals surface area contributed by atoms with Gasteiger partial charge in [0.25, 0.3) is 17.7 Å². The van der Waals surface area contributed by atoms with Crippen molar-refractivity contribution in [3.63, 3.8) is 0 Å². The number of hydrogen-bond donors (Lipinski definition) is 5. The highest BCUT2D eigenvalue weighted by molar-refractivity contribution is 6.33. The van der Waals surface area contributed by atoms with Crippen LogP contribution in [0.15, 0.2) is 134 Å². The van der Waals surface area contributed by atoms with Gasteiger partial charge in [0, 0.05) is 51.6 Å². The molecule has 18 nitrogen and oxygen atoms in total. The summed E-state index contributed by atoms with van der Waals surface area (Å²) in [6, 6.07) is 35.0. The zero-order valence-electron chi connectivity index (χ0n) is 61.7. The molecule has 4 aliphatic heterocycles. The van der Waals surface area contributed by atoms with Gasteiger partial charge in [-0.1, -0.05) is 83.6 Å². The Labute approximate surface area is 622 Å². The first kappa shape index (κ1) is 85.5. The third-order valence-corrected chi connectivity index (χ3v) is 18.7. The Bertz CT molecular complexity index is 4100. The molecule has 0 radical (unpaired) electrons. The van der Waals surface area contributed by atoms with Crippen molar-refractivity contribution >= 4 is 69.4 Å². The lowest BCUT2D eigenvalue weighted by molar-refractivity contribution is -0.235. The number of imide groups is 1. The molecule has 7 atom stereocenters. The maximum Gasteiger partial charge on any atom is 0.417 e. The fourth-order valence-corrected chi connectivity index (χ4v) is 12.5. The van der Waals surface area contributed by atoms with Crippen molar-refractivity contribution < 1.29 is 74.7 Å². The number of ether oxygens (including phenoxy) is 4. The Balaban J connectivity index is 0.000000222. The van der Waals surface area contributed by atoms with E-state index in [1.54, 1.807) is 68.1 Å². The molecule has 0 aromatic heterocycles. The summed E-state index contributed by atoms with van der Waals surface area (Å²) in [6.07, 6.45) is -9.81. The minimum absolute atomic E-state index is 0. The highest BCUT2D eigenvalue weighted by atomic mass is 35.5. The molecule has 10 rings (SSSR count). The summed E-state index contributed by atoms with van der Waals surface area (Å²) in [4.78, 5) is 54.7. The van der Waals surface area contributed by atoms with Gasteiger partial charge in [-0.05, 0) is 232 Å². The molecule has 4 heterocycles. The van der Waals surface area contributed by atoms with Gasteiger partial charge in [0.05, 0.1) is 58.9 Å². The SMILES string of the molecule is C.C=C1C=C(C(F)(F)F)c2cc(N3[C@@H]([C@@H](OC(C)C)C(F)(F)F)CC[C@@H]3C)ccc2N1.Cc1cc(NC(=O)[C@@](C)(O)COc2ccc(C(C)C)cc2)ccc1C#N.Cc1cc(NC(=O)[C@](C)(O)COc2ccc(C(C)C)cc2)ccc1C#N.Cc1ccc(N2C(=O)[C@@H]3[C@H](OC(C)C)CCN3C2=O)c(C)c1Cl. The van der Waals surface area contributed by atoms with Gasteiger partial charge in [0.15, 0.2) is 17.3 Å². The number of amides is 5. The Morgan fingerprint density at radius 3 is 1.62 bits per heavy atom. The van der Waals surface area contributed by atoms with E-state index < -0.39 is 65.2 Å². The standard InChI is InChI=1S/C21H24F6N2O.2C21H24N2O3.C17H21ClN2O3.CH4/c1-11(2)30-19(21(25,26)27)18-8-5-13(4)29(18)14-6-7-17-15(10-14)16(20(22,23)24)9-12(3)28-17;2*1-14(2)16-6-9-19(10-7-16)26-13-21(4,25)20(24)23-18-8-5-17(12-22)15(3)11-18;1-9(2)23-13-7-8-19-15(13)16(21)20(17(19)22)12-6-5-10(3)14(18)11(12)4;/h6-7,9-11,13,18-19,28H,3,5,8H2,1-2,4H3;2*5-11,14,25H,13H2,1-4H3,(H,23,24);5-6,9,13,15H,7-8H2,1-4H3;1H4/t13-,18+,19+;2*21-;13-,15+;/m0101./s1. The molecule has 3 saturated heterocycles. The van der Waals surface area contributed by atoms with E-state index in [1.807, 2.05) is 82.3 Å². The van der Waals surface area contributed by atoms with Crippen LogP contribution in [0.3, 0.4) is 0 Å². The van der Waals surface area contributed by atoms with E-state index in [1.165, 1.54) is 66.8 Å². The zero-order chi connectivity index (χ0) is 78.0. The van der Waals surface area contributed by atoms with Gasteiger partial charge in [0.1, 0.15) is 30.8 Å². The summed E-state index contributed by atoms with van der Waals surface area (Å²) in [7, 11) is 0. The van der Waals surface area contributed by atoms with E-state index in [2.05, 4.69) is 62.4 Å². The lowest BCUT2D eigenvalue weighted by atomic mass is 9.97. The summed E-state index contributed by atoms with van der Waals surface area (Å²) >= 11 is 6.29. The number of aryl methyl sites for hydroxylation is 3. The second-order valence-corrected chi connectivity index (χ2v) is 28.6. The molecule has 0 bridgehead atoms. The van der Waals surface area contributed by atoms with Crippen molar-refractivity contribution in [2.24, 2.45) is 0 Å². The molecular formula is C81H97ClF6N8O10. The average molecular weight is 1490 g/mol. The van der Waals surface area contributed by atoms with Gasteiger partial charge in [-0.25, -0.2) is 9.69 Å². The molecule has 0 spiro atoms. The van der Waals surface area contributed by atoms with Gasteiger partial charge < -0.3 is 54.9 Å². The van der Waals surface area contributed by atoms with Crippen LogP contribution in [-0.4, -0.2) is 125 Å². The number of anilines is 5. The first-order valence-corrected chi connectivity index (χ1v) is 34.9. The van der Waals surface area contributed by atoms with E-state index in [9.17, 15) is 55.7 Å². The summed E-state index contributed by atoms with van der Waals surface area (Å²) in [5, 5.41) is 47.4. The Morgan fingerprint density at radius 1 is 0.689 bits per heavy atom. The second kappa shape index (κ2) is 35.8. The molecule has 0 unspecified atom stereocenters. The topological polar surface area (TPSA) is 239 Å². The molecule has 3 fully saturated rings. The van der Waals surface area contributed by atoms with E-state index in [4.69, 9.17) is 41.1 Å². The highest BCUT2D eigenvalue weighted by Gasteiger charge is 2.55. The smallest absolute Gasteiger partial charge is 0.417 e. The average Bonchev–Trinajstić information content (AvgIpc) is 1.52. The molecule has 106 heavy (non-hydrogen) atoms. The van der Waals surface area contributed by atoms with Crippen LogP contribution in [0.1, 0.15) is 165 Å². The highest BCUT2D eigenvalue weighted by Crippen LogP contribution is 2.46. The number of aliphatic hydroxyl groups is 2. The van der Waals surface area contributed by atoms with Crippen LogP contribution in [0.2, 0.25) is 5.02 Å². The van der Waals surface area contributed by atoms with Crippen LogP contribution >= 0.6 is 11.6 Å². The van der Waals surface area contributed by atoms with Gasteiger partial charge in [-0.2, -0.15) is 36.9 Å². The van der Waals surface area contributed by atoms with Crippen LogP contribution < -0.4 is 35.2 Å². The number of allylic oxidation sites excluding steroid dienone is 2. The normalized spacial score (nSPS) is 18.2. The number of urea groups is 1. The lowest BCUT2D eigenvalue weighted by Gasteiger charge is -2.38. The number of nitrogens with one attached hydrogen (secondary N) is 3. The van der Waals surface area contributed by atoms with Crippen molar-refractivity contribution in [3.05, 3.63) is 189 Å². The monoisotopic (exact) mass is 1490 g/mol. The van der Waals surface area contributed by atoms with E-state index in [0.717, 1.165) is 28.3 Å². The molecule has 570 valence electrons. The van der Waals surface area contributed by atoms with Crippen LogP contribution in [-0.2, 0) is 23.9 Å². The molecule has 5 amide bonds. The van der Waals surface area contributed by atoms with Gasteiger partial charge in [0.2, 0.25) is 0 Å². The van der Waals surface area contributed by atoms with Crippen LogP contribution in [0, 0.1) is 50.4 Å². The molecule has 0 saturated carbocycles. The Hall–Kier alpha value is -9.43. The zero-order valence-corrected chi connectivity index (χ0v) is 62.5. The minimum Gasteiger partial charge on any atom is -0.490 e. The number of carbonyl (C=O) groups is 4. The first-order chi connectivity index (χ1) is 49.1. The van der Waals surface area contributed by atoms with Gasteiger partial charge >= 0.3 is 18.4 Å². The number of benzene rings is 6. The van der Waals surface area contributed by atoms with Crippen LogP contribution in [0.4, 0.5) is 59.6 Å². The van der Waals surface area contributed by atoms with Crippen molar-refractivity contribution in [1.29, 1.82) is 10.5 Å². The molecular weight excluding hydrogens is 1390 g/mol. The predicted octanol–water partition coefficient (Wildman–Crippen LogP) is 17.7. The number of fused-ring (bicyclic) bond motifs is 2. The molecule has 4 aliphatic rings. The molecule has 6 aromatic rings. The second-order valence-electron chi connectivity index (χ2n) is 28.2. The van der Waals surface area contributed by atoms with Crippen LogP contribution in [0.5, 0.6) is 11.5 Å². The number of nitriles is 2. The molecule has 5 N–H and O–H groups in total. The number of alkyl halides is 6. The predicted molar refractivity (Wildman–Crippen MR) is 402 cm³/mol. The van der Waals surface area contributed by atoms with Gasteiger partial charge in [-0.3, -0.25) is 14.4 Å². The Morgan fingerprint density at radius 2 is 1.19 bits per heavy atom. The number of carbonyl (C=O) groups excluding carboxylic acids is 4. The summed E-state index contributed by atoms with van der Waals surface area (Å²) in [5.41, 5.74) is 4.49. The van der Waals surface area contributed by atoms with Crippen LogP contribution in [0.25, 0.3) is 5.57 Å². The summed E-state index contributed by atoms with van der Waals surface area (Å²) in [5.74, 6) is 0.679. The largest absolute Gasteiger partial charge is 0.490 e. The lowest BCUT2D eigenvalue weighted by Crippen LogP contribution is -2.51. The Kier molecular flexibility index (Phi) is 28.9. The fourth-order valence-electron chi connectivity index (χ4n) is 12.3. The van der Waals surface area contributed by atoms with Crippen molar-refractivity contribution in [3.8, 4) is 23.6 Å². The summed E-state index contributed by atoms with van der Waals surface area (Å²) < 4.78 is 104. The maximum atomic E-state index is 13.8. The number of hydrogen-bond acceptors (Lipinski definition) is 14. The van der Waals surface area contributed by atoms with Crippen molar-refractivity contribution in [1.82, 2.24) is 4.90 Å². The van der Waals surface area contributed by atoms with E-state index in [-0.39, 0.29) is 74.2 Å². The molecule has 0 aliphatic carbocycles. The molecule has 25 heteroatoms. The van der Waals surface area contributed by atoms with Crippen molar-refractivity contribution in [2.45, 2.75) is 208 Å². The number of halogens is 7. The number of rotatable bonds is 19. The quantitative estimate of drug-likeness (QED) is 0.0375. The first-order valence-electron chi connectivity index (χ1n) is 34.6. The third kappa shape index (κ3) is 21.4. The van der Waals surface area contributed by atoms with Crippen molar-refractivity contribution in [2.75, 3.05) is 45.5 Å². The minimum atomic E-state index is -4.62. The van der Waals surface area contributed by atoms with E-state index >= 15 is 0 Å². The summed E-state index contributed by atoms with van der Waals surface area (Å²) in [6.45, 7) is 31.0. The fraction of sp³-hybridized carbons (Fsp3) is 0.432. The maximum absolute atomic E-state index is 13.8. The van der Waals surface area contributed by atoms with E-state index in [0.29, 0.717) is 81.6 Å².